The molecule has 5 aliphatic rings. The van der Waals surface area contributed by atoms with Gasteiger partial charge in [0.1, 0.15) is 10.8 Å². The Hall–Kier alpha value is -0.743. The quantitative estimate of drug-likeness (QED) is 0.351. The largest absolute Gasteiger partial charge is 0.393 e. The minimum Gasteiger partial charge on any atom is -0.393 e. The molecule has 35 heavy (non-hydrogen) atoms. The van der Waals surface area contributed by atoms with Crippen LogP contribution in [0.5, 0.6) is 0 Å². The van der Waals surface area contributed by atoms with Gasteiger partial charge >= 0.3 is 0 Å². The summed E-state index contributed by atoms with van der Waals surface area (Å²) < 4.78 is 0. The fraction of sp³-hybridized carbons (Fsp3) is 0.871. The molecule has 4 aliphatic carbocycles. The Morgan fingerprint density at radius 2 is 1.69 bits per heavy atom. The number of hydrogen-bond donors (Lipinski definition) is 1. The summed E-state index contributed by atoms with van der Waals surface area (Å²) in [6.07, 6.45) is 18.3. The number of hydrogen-bond acceptors (Lipinski definition) is 3. The first-order valence-electron chi connectivity index (χ1n) is 15.0. The van der Waals surface area contributed by atoms with Crippen LogP contribution in [0.15, 0.2) is 11.6 Å². The highest BCUT2D eigenvalue weighted by molar-refractivity contribution is 6.99. The maximum atomic E-state index is 10.3. The predicted molar refractivity (Wildman–Crippen MR) is 147 cm³/mol. The van der Waals surface area contributed by atoms with E-state index < -0.39 is 9.52 Å². The van der Waals surface area contributed by atoms with Gasteiger partial charge in [-0.25, -0.2) is 0 Å². The fourth-order valence-electron chi connectivity index (χ4n) is 9.34. The van der Waals surface area contributed by atoms with Crippen LogP contribution in [0, 0.1) is 46.3 Å². The molecule has 0 aromatic rings. The molecule has 8 atom stereocenters. The Bertz CT molecular complexity index is 804. The van der Waals surface area contributed by atoms with Crippen LogP contribution in [-0.2, 0) is 9.59 Å². The van der Waals surface area contributed by atoms with E-state index >= 15 is 0 Å². The smallest absolute Gasteiger partial charge is 0.178 e. The minimum absolute atomic E-state index is 0.0766. The summed E-state index contributed by atoms with van der Waals surface area (Å²) in [7, 11) is -0.886. The van der Waals surface area contributed by atoms with E-state index in [2.05, 4.69) is 40.7 Å². The van der Waals surface area contributed by atoms with Gasteiger partial charge in [0.25, 0.3) is 0 Å². The highest BCUT2D eigenvalue weighted by Crippen LogP contribution is 2.67. The molecule has 3 nitrogen and oxygen atoms in total. The van der Waals surface area contributed by atoms with Gasteiger partial charge in [0.2, 0.25) is 0 Å². The summed E-state index contributed by atoms with van der Waals surface area (Å²) in [4.78, 5) is 20.6. The SMILES string of the molecule is CC(C)CCC[C@@H](C)[C@H]1CC[C@H]2[C@@H]3CC=C4CC(O)CC[C@]4(C)[C@H]3CC[C@]12C.O=C1CCC(=O)[SiH2]1. The molecule has 0 aromatic carbocycles. The lowest BCUT2D eigenvalue weighted by atomic mass is 9.47. The summed E-state index contributed by atoms with van der Waals surface area (Å²) in [5, 5.41) is 10.7. The lowest BCUT2D eigenvalue weighted by molar-refractivity contribution is -0.112. The van der Waals surface area contributed by atoms with Gasteiger partial charge in [-0.3, -0.25) is 0 Å². The Kier molecular flexibility index (Phi) is 8.53. The van der Waals surface area contributed by atoms with Crippen molar-refractivity contribution >= 4 is 20.3 Å². The van der Waals surface area contributed by atoms with Crippen molar-refractivity contribution in [3.63, 3.8) is 0 Å². The average molecular weight is 501 g/mol. The van der Waals surface area contributed by atoms with Gasteiger partial charge in [-0.05, 0) is 97.7 Å². The van der Waals surface area contributed by atoms with Crippen molar-refractivity contribution in [2.75, 3.05) is 0 Å². The summed E-state index contributed by atoms with van der Waals surface area (Å²) in [5.74, 6) is 5.46. The molecule has 1 aliphatic heterocycles. The summed E-state index contributed by atoms with van der Waals surface area (Å²) in [6.45, 7) is 12.6. The van der Waals surface area contributed by atoms with Crippen molar-refractivity contribution in [2.24, 2.45) is 46.3 Å². The van der Waals surface area contributed by atoms with Gasteiger partial charge < -0.3 is 14.7 Å². The molecule has 0 aromatic heterocycles. The van der Waals surface area contributed by atoms with Gasteiger partial charge in [0.05, 0.1) is 6.10 Å². The van der Waals surface area contributed by atoms with Crippen LogP contribution in [0.2, 0.25) is 0 Å². The third-order valence-electron chi connectivity index (χ3n) is 11.4. The summed E-state index contributed by atoms with van der Waals surface area (Å²) in [6, 6.07) is 0. The number of rotatable bonds is 5. The van der Waals surface area contributed by atoms with Crippen molar-refractivity contribution in [1.82, 2.24) is 0 Å². The van der Waals surface area contributed by atoms with E-state index in [1.807, 2.05) is 0 Å². The number of allylic oxidation sites excluding steroid dienone is 1. The molecule has 1 saturated heterocycles. The molecular formula is C31H52O3Si. The molecule has 4 heteroatoms. The molecule has 4 fully saturated rings. The van der Waals surface area contributed by atoms with Crippen LogP contribution >= 0.6 is 0 Å². The molecule has 5 rings (SSSR count). The van der Waals surface area contributed by atoms with Crippen LogP contribution in [0.3, 0.4) is 0 Å². The number of carbonyl (C=O) groups excluding carboxylic acids is 2. The average Bonchev–Trinajstić information content (AvgIpc) is 3.35. The fourth-order valence-corrected chi connectivity index (χ4v) is 10.5. The first-order chi connectivity index (χ1) is 16.5. The van der Waals surface area contributed by atoms with Crippen molar-refractivity contribution in [1.29, 1.82) is 0 Å². The maximum Gasteiger partial charge on any atom is 0.178 e. The first kappa shape index (κ1) is 27.3. The molecule has 198 valence electrons. The third-order valence-corrected chi connectivity index (χ3v) is 12.9. The zero-order valence-corrected chi connectivity index (χ0v) is 24.7. The lowest BCUT2D eigenvalue weighted by Gasteiger charge is -2.58. The van der Waals surface area contributed by atoms with Gasteiger partial charge in [0.15, 0.2) is 9.52 Å². The standard InChI is InChI=1S/C27H46O.C4H6O2Si/c1-18(2)7-6-8-19(3)23-11-12-24-22-10-9-20-17-21(28)13-15-26(20,4)25(22)14-16-27(23,24)5;5-3-1-2-4(6)7-3/h9,18-19,21-25,28H,6-8,10-17H2,1-5H3;1-2,7H2/t19-,21?,22+,23-,24+,25+,26+,27-;/m1./s1. The first-order valence-corrected chi connectivity index (χ1v) is 16.4. The van der Waals surface area contributed by atoms with E-state index in [0.29, 0.717) is 23.7 Å². The third kappa shape index (κ3) is 5.59. The molecule has 1 unspecified atom stereocenters. The van der Waals surface area contributed by atoms with Crippen LogP contribution in [0.1, 0.15) is 118 Å². The Morgan fingerprint density at radius 1 is 0.971 bits per heavy atom. The second-order valence-electron chi connectivity index (χ2n) is 13.9. The van der Waals surface area contributed by atoms with E-state index in [1.54, 1.807) is 5.57 Å². The number of aliphatic hydroxyl groups excluding tert-OH is 1. The zero-order chi connectivity index (χ0) is 25.4. The topological polar surface area (TPSA) is 54.4 Å². The highest BCUT2D eigenvalue weighted by Gasteiger charge is 2.59. The molecule has 0 bridgehead atoms. The van der Waals surface area contributed by atoms with Gasteiger partial charge in [-0.1, -0.05) is 65.5 Å². The number of carbonyl (C=O) groups is 2. The van der Waals surface area contributed by atoms with Crippen LogP contribution in [0.25, 0.3) is 0 Å². The number of fused-ring (bicyclic) bond motifs is 5. The maximum absolute atomic E-state index is 10.3. The van der Waals surface area contributed by atoms with E-state index in [4.69, 9.17) is 0 Å². The molecule has 0 radical (unpaired) electrons. The van der Waals surface area contributed by atoms with Gasteiger partial charge in [0, 0.05) is 12.8 Å². The normalized spacial score (nSPS) is 41.5. The lowest BCUT2D eigenvalue weighted by Crippen LogP contribution is -2.50. The molecule has 0 spiro atoms. The Morgan fingerprint density at radius 3 is 2.31 bits per heavy atom. The van der Waals surface area contributed by atoms with E-state index in [-0.39, 0.29) is 16.9 Å². The van der Waals surface area contributed by atoms with E-state index in [1.165, 1.54) is 57.8 Å². The summed E-state index contributed by atoms with van der Waals surface area (Å²) in [5.41, 5.74) is 2.60. The van der Waals surface area contributed by atoms with E-state index in [0.717, 1.165) is 48.3 Å². The number of aliphatic hydroxyl groups is 1. The molecule has 0 amide bonds. The minimum atomic E-state index is -0.886. The van der Waals surface area contributed by atoms with E-state index in [9.17, 15) is 14.7 Å². The molecule has 1 heterocycles. The van der Waals surface area contributed by atoms with Crippen LogP contribution in [0.4, 0.5) is 0 Å². The van der Waals surface area contributed by atoms with Crippen molar-refractivity contribution in [2.45, 2.75) is 124 Å². The summed E-state index contributed by atoms with van der Waals surface area (Å²) >= 11 is 0. The highest BCUT2D eigenvalue weighted by atomic mass is 28.2. The van der Waals surface area contributed by atoms with Crippen molar-refractivity contribution in [3.05, 3.63) is 11.6 Å². The van der Waals surface area contributed by atoms with Gasteiger partial charge in [-0.15, -0.1) is 0 Å². The monoisotopic (exact) mass is 500 g/mol. The van der Waals surface area contributed by atoms with Gasteiger partial charge in [-0.2, -0.15) is 0 Å². The van der Waals surface area contributed by atoms with Crippen LogP contribution < -0.4 is 0 Å². The molecular weight excluding hydrogens is 448 g/mol. The van der Waals surface area contributed by atoms with Crippen molar-refractivity contribution < 1.29 is 14.7 Å². The zero-order valence-electron chi connectivity index (χ0n) is 23.3. The van der Waals surface area contributed by atoms with Crippen molar-refractivity contribution in [3.8, 4) is 0 Å². The second kappa shape index (κ2) is 10.9. The van der Waals surface area contributed by atoms with Crippen LogP contribution in [-0.4, -0.2) is 31.5 Å². The Labute approximate surface area is 217 Å². The predicted octanol–water partition coefficient (Wildman–Crippen LogP) is 6.39. The Balaban J connectivity index is 0.000000356. The molecule has 1 N–H and O–H groups in total. The molecule has 3 saturated carbocycles. The second-order valence-corrected chi connectivity index (χ2v) is 15.9.